The lowest BCUT2D eigenvalue weighted by Gasteiger charge is -2.41. The number of hydrogen-bond acceptors (Lipinski definition) is 2. The molecule has 2 heterocycles. The lowest BCUT2D eigenvalue weighted by atomic mass is 9.86. The predicted octanol–water partition coefficient (Wildman–Crippen LogP) is 2.23. The molecule has 2 aromatic rings. The zero-order valence-electron chi connectivity index (χ0n) is 18.8. The Hall–Kier alpha value is -1.60. The summed E-state index contributed by atoms with van der Waals surface area (Å²) in [4.78, 5) is 13.4. The monoisotopic (exact) mass is 534 g/mol. The zero-order chi connectivity index (χ0) is 21.0. The number of hydrogen-bond donors (Lipinski definition) is 1. The topological polar surface area (TPSA) is 38.3 Å². The molecule has 5 heteroatoms. The molecule has 2 aliphatic rings. The van der Waals surface area contributed by atoms with Gasteiger partial charge in [-0.1, -0.05) is 56.2 Å². The van der Waals surface area contributed by atoms with Gasteiger partial charge in [0.15, 0.2) is 0 Å². The highest BCUT2D eigenvalue weighted by molar-refractivity contribution is 5.89. The highest BCUT2D eigenvalue weighted by atomic mass is 127. The average Bonchev–Trinajstić information content (AvgIpc) is 2.77. The second kappa shape index (κ2) is 10.8. The minimum absolute atomic E-state index is 0. The van der Waals surface area contributed by atoms with Gasteiger partial charge in [-0.15, -0.1) is 0 Å². The Bertz CT molecular complexity index is 832. The number of nitrogens with one attached hydrogen (secondary N) is 1. The van der Waals surface area contributed by atoms with Gasteiger partial charge in [0.2, 0.25) is 5.91 Å². The first-order valence-electron chi connectivity index (χ1n) is 11.6. The number of carbonyl (C=O) groups is 1. The molecule has 1 amide bonds. The Morgan fingerprint density at radius 1 is 0.968 bits per heavy atom. The SMILES string of the molecule is CCCCCC[N+]1(C)CCC(NC(=O)C2c3ccccc3Oc3ccccc32)CC1.[I-]. The molecule has 0 bridgehead atoms. The molecule has 2 aromatic carbocycles. The van der Waals surface area contributed by atoms with Crippen molar-refractivity contribution in [2.24, 2.45) is 0 Å². The number of benzene rings is 2. The normalized spacial score (nSPS) is 22.5. The highest BCUT2D eigenvalue weighted by Gasteiger charge is 2.35. The van der Waals surface area contributed by atoms with Crippen molar-refractivity contribution >= 4 is 5.91 Å². The number of carbonyl (C=O) groups excluding carboxylic acids is 1. The number of unbranched alkanes of at least 4 members (excludes halogenated alkanes) is 3. The minimum Gasteiger partial charge on any atom is -1.00 e. The third kappa shape index (κ3) is 5.61. The summed E-state index contributed by atoms with van der Waals surface area (Å²) in [6.45, 7) is 5.83. The van der Waals surface area contributed by atoms with Gasteiger partial charge in [0.05, 0.1) is 32.6 Å². The van der Waals surface area contributed by atoms with Crippen molar-refractivity contribution in [3.05, 3.63) is 59.7 Å². The van der Waals surface area contributed by atoms with Crippen molar-refractivity contribution < 1.29 is 38.0 Å². The van der Waals surface area contributed by atoms with Gasteiger partial charge < -0.3 is 38.5 Å². The lowest BCUT2D eigenvalue weighted by molar-refractivity contribution is -0.914. The van der Waals surface area contributed by atoms with E-state index in [4.69, 9.17) is 4.74 Å². The van der Waals surface area contributed by atoms with Crippen LogP contribution in [0.2, 0.25) is 0 Å². The predicted molar refractivity (Wildman–Crippen MR) is 121 cm³/mol. The molecular weight excluding hydrogens is 499 g/mol. The van der Waals surface area contributed by atoms with Crippen molar-refractivity contribution in [2.45, 2.75) is 57.4 Å². The van der Waals surface area contributed by atoms with Gasteiger partial charge in [0.25, 0.3) is 0 Å². The number of piperidine rings is 1. The molecule has 0 atom stereocenters. The number of halogens is 1. The van der Waals surface area contributed by atoms with E-state index in [2.05, 4.69) is 19.3 Å². The van der Waals surface area contributed by atoms with E-state index in [1.54, 1.807) is 0 Å². The van der Waals surface area contributed by atoms with Crippen molar-refractivity contribution in [2.75, 3.05) is 26.7 Å². The first-order chi connectivity index (χ1) is 14.6. The molecule has 2 aliphatic heterocycles. The van der Waals surface area contributed by atoms with E-state index in [0.717, 1.165) is 53.0 Å². The summed E-state index contributed by atoms with van der Waals surface area (Å²) < 4.78 is 7.20. The fourth-order valence-electron chi connectivity index (χ4n) is 4.96. The molecule has 1 N–H and O–H groups in total. The molecule has 1 saturated heterocycles. The van der Waals surface area contributed by atoms with Crippen LogP contribution in [0.25, 0.3) is 0 Å². The van der Waals surface area contributed by atoms with Crippen LogP contribution >= 0.6 is 0 Å². The van der Waals surface area contributed by atoms with Crippen molar-refractivity contribution in [1.29, 1.82) is 0 Å². The van der Waals surface area contributed by atoms with E-state index in [0.29, 0.717) is 0 Å². The zero-order valence-corrected chi connectivity index (χ0v) is 20.9. The fraction of sp³-hybridized carbons (Fsp3) is 0.500. The van der Waals surface area contributed by atoms with Gasteiger partial charge >= 0.3 is 0 Å². The van der Waals surface area contributed by atoms with Crippen molar-refractivity contribution in [3.8, 4) is 11.5 Å². The molecule has 4 rings (SSSR count). The van der Waals surface area contributed by atoms with E-state index in [1.807, 2.05) is 48.5 Å². The van der Waals surface area contributed by atoms with Crippen molar-refractivity contribution in [1.82, 2.24) is 5.32 Å². The summed E-state index contributed by atoms with van der Waals surface area (Å²) in [6, 6.07) is 16.1. The van der Waals surface area contributed by atoms with Crippen molar-refractivity contribution in [3.63, 3.8) is 0 Å². The molecule has 31 heavy (non-hydrogen) atoms. The molecule has 4 nitrogen and oxygen atoms in total. The summed E-state index contributed by atoms with van der Waals surface area (Å²) in [5.41, 5.74) is 1.92. The Kier molecular flexibility index (Phi) is 8.39. The Morgan fingerprint density at radius 3 is 2.13 bits per heavy atom. The Labute approximate surface area is 204 Å². The maximum Gasteiger partial charge on any atom is 0.232 e. The van der Waals surface area contributed by atoms with E-state index in [1.165, 1.54) is 32.2 Å². The number of nitrogens with zero attached hydrogens (tertiary/aromatic N) is 1. The number of fused-ring (bicyclic) bond motifs is 2. The smallest absolute Gasteiger partial charge is 0.232 e. The van der Waals surface area contributed by atoms with E-state index < -0.39 is 0 Å². The number of ether oxygens (including phenoxy) is 1. The largest absolute Gasteiger partial charge is 1.00 e. The third-order valence-corrected chi connectivity index (χ3v) is 6.87. The molecule has 0 saturated carbocycles. The summed E-state index contributed by atoms with van der Waals surface area (Å²) in [7, 11) is 2.38. The molecule has 0 radical (unpaired) electrons. The van der Waals surface area contributed by atoms with Crippen LogP contribution in [0, 0.1) is 0 Å². The molecule has 0 spiro atoms. The van der Waals surface area contributed by atoms with Gasteiger partial charge in [0.1, 0.15) is 11.5 Å². The number of para-hydroxylation sites is 2. The average molecular weight is 534 g/mol. The molecule has 0 aromatic heterocycles. The van der Waals surface area contributed by atoms with Gasteiger partial charge in [-0.2, -0.15) is 0 Å². The van der Waals surface area contributed by atoms with Crippen LogP contribution in [-0.4, -0.2) is 43.1 Å². The quantitative estimate of drug-likeness (QED) is 0.336. The number of likely N-dealkylation sites (tertiary alicyclic amines) is 1. The Morgan fingerprint density at radius 2 is 1.55 bits per heavy atom. The summed E-state index contributed by atoms with van der Waals surface area (Å²) in [6.07, 6.45) is 7.40. The fourth-order valence-corrected chi connectivity index (χ4v) is 4.96. The van der Waals surface area contributed by atoms with Crippen LogP contribution < -0.4 is 34.0 Å². The van der Waals surface area contributed by atoms with Gasteiger partial charge in [-0.05, 0) is 25.0 Å². The maximum atomic E-state index is 13.4. The molecule has 1 fully saturated rings. The molecule has 0 aliphatic carbocycles. The van der Waals surface area contributed by atoms with Gasteiger partial charge in [0, 0.05) is 30.0 Å². The summed E-state index contributed by atoms with van der Waals surface area (Å²) in [5, 5.41) is 3.38. The number of quaternary nitrogens is 1. The lowest BCUT2D eigenvalue weighted by Crippen LogP contribution is -3.00. The standard InChI is InChI=1S/C26H34N2O2.HI/c1-3-4-5-10-17-28(2)18-15-20(16-19-28)27-26(29)25-21-11-6-8-13-23(21)30-24-14-9-7-12-22(24)25;/h6-9,11-14,20,25H,3-5,10,15-19H2,1-2H3;1H. The number of amides is 1. The third-order valence-electron chi connectivity index (χ3n) is 6.87. The molecular formula is C26H35IN2O2. The van der Waals surface area contributed by atoms with Crippen LogP contribution in [-0.2, 0) is 4.79 Å². The van der Waals surface area contributed by atoms with Gasteiger partial charge in [-0.3, -0.25) is 4.79 Å². The number of rotatable bonds is 7. The van der Waals surface area contributed by atoms with E-state index in [9.17, 15) is 4.79 Å². The Balaban J connectivity index is 0.00000272. The van der Waals surface area contributed by atoms with Crippen LogP contribution in [0.5, 0.6) is 11.5 Å². The summed E-state index contributed by atoms with van der Waals surface area (Å²) >= 11 is 0. The highest BCUT2D eigenvalue weighted by Crippen LogP contribution is 2.44. The molecule has 0 unspecified atom stereocenters. The van der Waals surface area contributed by atoms with Crippen LogP contribution in [0.1, 0.15) is 62.5 Å². The molecule has 168 valence electrons. The van der Waals surface area contributed by atoms with Gasteiger partial charge in [-0.25, -0.2) is 0 Å². The summed E-state index contributed by atoms with van der Waals surface area (Å²) in [5.74, 6) is 1.37. The van der Waals surface area contributed by atoms with E-state index >= 15 is 0 Å². The first-order valence-corrected chi connectivity index (χ1v) is 11.6. The minimum atomic E-state index is -0.303. The maximum absolute atomic E-state index is 13.4. The van der Waals surface area contributed by atoms with E-state index in [-0.39, 0.29) is 41.8 Å². The second-order valence-electron chi connectivity index (χ2n) is 9.24. The van der Waals surface area contributed by atoms with Crippen LogP contribution in [0.4, 0.5) is 0 Å². The first kappa shape index (κ1) is 24.1. The van der Waals surface area contributed by atoms with Crippen LogP contribution in [0.3, 0.4) is 0 Å². The second-order valence-corrected chi connectivity index (χ2v) is 9.24. The van der Waals surface area contributed by atoms with Crippen LogP contribution in [0.15, 0.2) is 48.5 Å².